The van der Waals surface area contributed by atoms with Crippen molar-refractivity contribution in [3.63, 3.8) is 0 Å². The van der Waals surface area contributed by atoms with Crippen LogP contribution < -0.4 is 10.6 Å². The number of nitrogens with two attached hydrogens (primary N) is 1. The lowest BCUT2D eigenvalue weighted by Gasteiger charge is -2.24. The second-order valence-electron chi connectivity index (χ2n) is 3.77. The minimum atomic E-state index is 0.118. The first kappa shape index (κ1) is 12.7. The molecule has 0 aliphatic rings. The van der Waals surface area contributed by atoms with Gasteiger partial charge in [-0.25, -0.2) is 9.97 Å². The van der Waals surface area contributed by atoms with Crippen molar-refractivity contribution in [1.82, 2.24) is 9.97 Å². The molecule has 0 amide bonds. The highest BCUT2D eigenvalue weighted by atomic mass is 16.3. The molecular weight excluding hydrogens is 204 g/mol. The van der Waals surface area contributed by atoms with Crippen LogP contribution in [-0.4, -0.2) is 34.8 Å². The molecule has 0 aliphatic carbocycles. The molecule has 1 aromatic rings. The van der Waals surface area contributed by atoms with Gasteiger partial charge in [0.25, 0.3) is 0 Å². The summed E-state index contributed by atoms with van der Waals surface area (Å²) in [5.74, 6) is 1.33. The third-order valence-corrected chi connectivity index (χ3v) is 2.55. The number of hydrogen-bond acceptors (Lipinski definition) is 5. The minimum absolute atomic E-state index is 0.118. The summed E-state index contributed by atoms with van der Waals surface area (Å²) in [4.78, 5) is 10.2. The van der Waals surface area contributed by atoms with Crippen molar-refractivity contribution in [2.75, 3.05) is 30.3 Å². The molecule has 3 N–H and O–H groups in total. The van der Waals surface area contributed by atoms with Crippen LogP contribution in [0.4, 0.5) is 11.6 Å². The number of aliphatic hydroxyl groups is 1. The predicted octanol–water partition coefficient (Wildman–Crippen LogP) is 0.966. The number of aliphatic hydroxyl groups excluding tert-OH is 1. The van der Waals surface area contributed by atoms with Gasteiger partial charge in [0, 0.05) is 18.7 Å². The average molecular weight is 224 g/mol. The molecule has 16 heavy (non-hydrogen) atoms. The second kappa shape index (κ2) is 6.27. The van der Waals surface area contributed by atoms with Gasteiger partial charge < -0.3 is 15.7 Å². The molecule has 0 bridgehead atoms. The Morgan fingerprint density at radius 2 is 2.12 bits per heavy atom. The van der Waals surface area contributed by atoms with Crippen molar-refractivity contribution in [3.05, 3.63) is 11.9 Å². The summed E-state index contributed by atoms with van der Waals surface area (Å²) in [6.45, 7) is 5.62. The fourth-order valence-electron chi connectivity index (χ4n) is 1.57. The quantitative estimate of drug-likeness (QED) is 0.753. The van der Waals surface area contributed by atoms with Gasteiger partial charge in [0.2, 0.25) is 0 Å². The number of anilines is 2. The number of hydrogen-bond donors (Lipinski definition) is 2. The maximum Gasteiger partial charge on any atom is 0.137 e. The third-order valence-electron chi connectivity index (χ3n) is 2.55. The van der Waals surface area contributed by atoms with Gasteiger partial charge in [-0.05, 0) is 13.3 Å². The average Bonchev–Trinajstić information content (AvgIpc) is 2.28. The maximum absolute atomic E-state index is 9.04. The Labute approximate surface area is 96.3 Å². The lowest BCUT2D eigenvalue weighted by molar-refractivity contribution is 0.301. The summed E-state index contributed by atoms with van der Waals surface area (Å²) < 4.78 is 0. The molecule has 0 aromatic carbocycles. The van der Waals surface area contributed by atoms with Crippen LogP contribution >= 0.6 is 0 Å². The predicted molar refractivity (Wildman–Crippen MR) is 65.4 cm³/mol. The van der Waals surface area contributed by atoms with Gasteiger partial charge >= 0.3 is 0 Å². The van der Waals surface area contributed by atoms with Crippen LogP contribution in [-0.2, 0) is 0 Å². The highest BCUT2D eigenvalue weighted by Crippen LogP contribution is 2.20. The molecule has 1 rings (SSSR count). The fraction of sp³-hybridized carbons (Fsp3) is 0.636. The summed E-state index contributed by atoms with van der Waals surface area (Å²) >= 11 is 0. The van der Waals surface area contributed by atoms with Gasteiger partial charge in [0.15, 0.2) is 0 Å². The van der Waals surface area contributed by atoms with Crippen LogP contribution in [0.15, 0.2) is 6.33 Å². The number of unbranched alkanes of at least 4 members (excludes halogenated alkanes) is 1. The van der Waals surface area contributed by atoms with E-state index in [9.17, 15) is 0 Å². The van der Waals surface area contributed by atoms with Crippen molar-refractivity contribution in [3.8, 4) is 0 Å². The number of nitrogen functional groups attached to an aromatic ring is 1. The first-order valence-corrected chi connectivity index (χ1v) is 5.63. The molecular formula is C11H20N4O. The highest BCUT2D eigenvalue weighted by molar-refractivity contribution is 5.55. The van der Waals surface area contributed by atoms with Gasteiger partial charge in [0.05, 0.1) is 6.61 Å². The summed E-state index contributed by atoms with van der Waals surface area (Å²) in [5, 5.41) is 9.04. The van der Waals surface area contributed by atoms with E-state index in [1.807, 2.05) is 6.92 Å². The lowest BCUT2D eigenvalue weighted by atomic mass is 10.2. The Hall–Kier alpha value is -1.36. The van der Waals surface area contributed by atoms with Crippen LogP contribution in [0, 0.1) is 6.92 Å². The summed E-state index contributed by atoms with van der Waals surface area (Å²) in [7, 11) is 0. The normalized spacial score (nSPS) is 10.4. The van der Waals surface area contributed by atoms with E-state index in [-0.39, 0.29) is 6.61 Å². The molecule has 0 fully saturated rings. The minimum Gasteiger partial charge on any atom is -0.395 e. The third kappa shape index (κ3) is 3.06. The van der Waals surface area contributed by atoms with Crippen LogP contribution in [0.2, 0.25) is 0 Å². The number of rotatable bonds is 6. The Kier molecular flexibility index (Phi) is 4.98. The van der Waals surface area contributed by atoms with Crippen molar-refractivity contribution in [2.45, 2.75) is 26.7 Å². The van der Waals surface area contributed by atoms with Crippen LogP contribution in [0.1, 0.15) is 25.3 Å². The molecule has 0 unspecified atom stereocenters. The van der Waals surface area contributed by atoms with E-state index in [0.717, 1.165) is 30.8 Å². The topological polar surface area (TPSA) is 75.3 Å². The van der Waals surface area contributed by atoms with Crippen molar-refractivity contribution in [1.29, 1.82) is 0 Å². The highest BCUT2D eigenvalue weighted by Gasteiger charge is 2.11. The maximum atomic E-state index is 9.04. The van der Waals surface area contributed by atoms with Gasteiger partial charge in [-0.2, -0.15) is 0 Å². The number of nitrogens with zero attached hydrogens (tertiary/aromatic N) is 3. The van der Waals surface area contributed by atoms with Gasteiger partial charge in [0.1, 0.15) is 18.0 Å². The van der Waals surface area contributed by atoms with Crippen LogP contribution in [0.5, 0.6) is 0 Å². The molecule has 1 aromatic heterocycles. The molecule has 1 heterocycles. The van der Waals surface area contributed by atoms with Gasteiger partial charge in [-0.1, -0.05) is 13.3 Å². The Morgan fingerprint density at radius 1 is 1.38 bits per heavy atom. The molecule has 0 atom stereocenters. The van der Waals surface area contributed by atoms with Crippen molar-refractivity contribution in [2.24, 2.45) is 0 Å². The molecule has 0 aliphatic heterocycles. The SMILES string of the molecule is CCCCN(CCO)c1ncnc(N)c1C. The van der Waals surface area contributed by atoms with E-state index in [4.69, 9.17) is 10.8 Å². The second-order valence-corrected chi connectivity index (χ2v) is 3.77. The van der Waals surface area contributed by atoms with E-state index in [2.05, 4.69) is 21.8 Å². The largest absolute Gasteiger partial charge is 0.395 e. The van der Waals surface area contributed by atoms with Crippen LogP contribution in [0.3, 0.4) is 0 Å². The first-order valence-electron chi connectivity index (χ1n) is 5.63. The van der Waals surface area contributed by atoms with E-state index < -0.39 is 0 Å². The van der Waals surface area contributed by atoms with E-state index in [0.29, 0.717) is 12.4 Å². The number of aromatic nitrogens is 2. The Balaban J connectivity index is 2.86. The monoisotopic (exact) mass is 224 g/mol. The van der Waals surface area contributed by atoms with E-state index in [1.165, 1.54) is 6.33 Å². The van der Waals surface area contributed by atoms with Gasteiger partial charge in [-0.3, -0.25) is 0 Å². The van der Waals surface area contributed by atoms with E-state index >= 15 is 0 Å². The molecule has 5 heteroatoms. The molecule has 0 saturated carbocycles. The molecule has 0 spiro atoms. The molecule has 90 valence electrons. The van der Waals surface area contributed by atoms with E-state index in [1.54, 1.807) is 0 Å². The molecule has 5 nitrogen and oxygen atoms in total. The van der Waals surface area contributed by atoms with Crippen LogP contribution in [0.25, 0.3) is 0 Å². The zero-order valence-corrected chi connectivity index (χ0v) is 9.98. The van der Waals surface area contributed by atoms with Crippen molar-refractivity contribution >= 4 is 11.6 Å². The summed E-state index contributed by atoms with van der Waals surface area (Å²) in [6, 6.07) is 0. The summed E-state index contributed by atoms with van der Waals surface area (Å²) in [6.07, 6.45) is 3.65. The Morgan fingerprint density at radius 3 is 2.75 bits per heavy atom. The lowest BCUT2D eigenvalue weighted by Crippen LogP contribution is -2.29. The van der Waals surface area contributed by atoms with Gasteiger partial charge in [-0.15, -0.1) is 0 Å². The zero-order chi connectivity index (χ0) is 12.0. The standard InChI is InChI=1S/C11H20N4O/c1-3-4-5-15(6-7-16)11-9(2)10(12)13-8-14-11/h8,16H,3-7H2,1-2H3,(H2,12,13,14). The Bertz CT molecular complexity index is 330. The smallest absolute Gasteiger partial charge is 0.137 e. The summed E-state index contributed by atoms with van der Waals surface area (Å²) in [5.41, 5.74) is 6.62. The zero-order valence-electron chi connectivity index (χ0n) is 9.98. The fourth-order valence-corrected chi connectivity index (χ4v) is 1.57. The molecule has 0 saturated heterocycles. The van der Waals surface area contributed by atoms with Crippen molar-refractivity contribution < 1.29 is 5.11 Å². The molecule has 0 radical (unpaired) electrons. The first-order chi connectivity index (χ1) is 7.70.